The van der Waals surface area contributed by atoms with Crippen LogP contribution in [-0.2, 0) is 4.74 Å². The summed E-state index contributed by atoms with van der Waals surface area (Å²) < 4.78 is 4.67. The normalized spacial score (nSPS) is 11.5. The summed E-state index contributed by atoms with van der Waals surface area (Å²) in [5, 5.41) is 18.1. The minimum Gasteiger partial charge on any atom is -0.343 e. The van der Waals surface area contributed by atoms with Crippen LogP contribution in [-0.4, -0.2) is 22.8 Å². The third-order valence-corrected chi connectivity index (χ3v) is 1.29. The van der Waals surface area contributed by atoms with Crippen LogP contribution in [0.25, 0.3) is 0 Å². The van der Waals surface area contributed by atoms with Crippen molar-refractivity contribution in [2.24, 2.45) is 0 Å². The zero-order valence-electron chi connectivity index (χ0n) is 6.92. The standard InChI is InChI=1S/C8H16O3/c1-3-5-6-8(9,10)11-7-4-2/h4,9-10H,2-3,5-7H2,1H3. The number of ether oxygens (including phenoxy) is 1. The Labute approximate surface area is 67.3 Å². The van der Waals surface area contributed by atoms with Gasteiger partial charge in [-0.2, -0.15) is 0 Å². The SMILES string of the molecule is C=CCOC(O)(O)CCCC. The summed E-state index contributed by atoms with van der Waals surface area (Å²) in [6, 6.07) is 0. The van der Waals surface area contributed by atoms with E-state index in [-0.39, 0.29) is 13.0 Å². The number of hydrogen-bond acceptors (Lipinski definition) is 3. The number of hydrogen-bond donors (Lipinski definition) is 2. The molecule has 3 heteroatoms. The predicted octanol–water partition coefficient (Wildman–Crippen LogP) is 1.02. The molecule has 0 amide bonds. The molecule has 0 heterocycles. The fourth-order valence-electron chi connectivity index (χ4n) is 0.672. The highest BCUT2D eigenvalue weighted by molar-refractivity contribution is 4.65. The van der Waals surface area contributed by atoms with Gasteiger partial charge >= 0.3 is 0 Å². The minimum atomic E-state index is -1.97. The monoisotopic (exact) mass is 160 g/mol. The van der Waals surface area contributed by atoms with Crippen molar-refractivity contribution in [2.45, 2.75) is 32.2 Å². The molecule has 2 N–H and O–H groups in total. The summed E-state index contributed by atoms with van der Waals surface area (Å²) in [6.45, 7) is 5.54. The van der Waals surface area contributed by atoms with Crippen LogP contribution in [0.15, 0.2) is 12.7 Å². The molecule has 0 aromatic carbocycles. The molecule has 3 nitrogen and oxygen atoms in total. The maximum Gasteiger partial charge on any atom is 0.278 e. The molecule has 0 aliphatic rings. The molecule has 0 aromatic heterocycles. The van der Waals surface area contributed by atoms with Gasteiger partial charge in [-0.1, -0.05) is 19.4 Å². The Balaban J connectivity index is 3.51. The quantitative estimate of drug-likeness (QED) is 0.450. The van der Waals surface area contributed by atoms with E-state index >= 15 is 0 Å². The second-order valence-corrected chi connectivity index (χ2v) is 2.45. The zero-order chi connectivity index (χ0) is 8.74. The largest absolute Gasteiger partial charge is 0.343 e. The fraction of sp³-hybridized carbons (Fsp3) is 0.750. The van der Waals surface area contributed by atoms with Gasteiger partial charge in [-0.05, 0) is 6.42 Å². The van der Waals surface area contributed by atoms with Gasteiger partial charge in [-0.15, -0.1) is 6.58 Å². The molecular weight excluding hydrogens is 144 g/mol. The molecule has 0 unspecified atom stereocenters. The topological polar surface area (TPSA) is 49.7 Å². The highest BCUT2D eigenvalue weighted by Gasteiger charge is 2.21. The van der Waals surface area contributed by atoms with Gasteiger partial charge in [-0.25, -0.2) is 0 Å². The molecule has 0 spiro atoms. The van der Waals surface area contributed by atoms with Crippen LogP contribution < -0.4 is 0 Å². The number of rotatable bonds is 6. The minimum absolute atomic E-state index is 0.163. The predicted molar refractivity (Wildman–Crippen MR) is 42.8 cm³/mol. The molecule has 0 atom stereocenters. The molecule has 0 aliphatic heterocycles. The molecule has 0 fully saturated rings. The van der Waals surface area contributed by atoms with Crippen LogP contribution in [0.5, 0.6) is 0 Å². The van der Waals surface area contributed by atoms with Crippen molar-refractivity contribution < 1.29 is 14.9 Å². The van der Waals surface area contributed by atoms with Crippen molar-refractivity contribution >= 4 is 0 Å². The summed E-state index contributed by atoms with van der Waals surface area (Å²) in [5.41, 5.74) is 0. The third kappa shape index (κ3) is 6.04. The van der Waals surface area contributed by atoms with Gasteiger partial charge in [0.2, 0.25) is 0 Å². The van der Waals surface area contributed by atoms with Crippen molar-refractivity contribution in [3.8, 4) is 0 Å². The van der Waals surface area contributed by atoms with Crippen molar-refractivity contribution in [3.63, 3.8) is 0 Å². The van der Waals surface area contributed by atoms with Crippen LogP contribution in [0.4, 0.5) is 0 Å². The van der Waals surface area contributed by atoms with Crippen molar-refractivity contribution in [2.75, 3.05) is 6.61 Å². The van der Waals surface area contributed by atoms with Gasteiger partial charge < -0.3 is 14.9 Å². The maximum absolute atomic E-state index is 9.06. The van der Waals surface area contributed by atoms with E-state index in [0.717, 1.165) is 12.8 Å². The Bertz CT molecular complexity index is 110. The Kier molecular flexibility index (Phi) is 5.11. The van der Waals surface area contributed by atoms with Crippen molar-refractivity contribution in [1.29, 1.82) is 0 Å². The van der Waals surface area contributed by atoms with Crippen molar-refractivity contribution in [3.05, 3.63) is 12.7 Å². The van der Waals surface area contributed by atoms with Crippen LogP contribution in [0.3, 0.4) is 0 Å². The van der Waals surface area contributed by atoms with E-state index in [2.05, 4.69) is 11.3 Å². The lowest BCUT2D eigenvalue weighted by atomic mass is 10.2. The van der Waals surface area contributed by atoms with Gasteiger partial charge in [0.1, 0.15) is 0 Å². The molecule has 0 bridgehead atoms. The van der Waals surface area contributed by atoms with Gasteiger partial charge in [-0.3, -0.25) is 0 Å². The Morgan fingerprint density at radius 2 is 2.18 bits per heavy atom. The van der Waals surface area contributed by atoms with E-state index in [1.54, 1.807) is 0 Å². The molecule has 0 aliphatic carbocycles. The Morgan fingerprint density at radius 3 is 2.64 bits per heavy atom. The molecule has 66 valence electrons. The average molecular weight is 160 g/mol. The Hall–Kier alpha value is -0.380. The zero-order valence-corrected chi connectivity index (χ0v) is 6.92. The van der Waals surface area contributed by atoms with Crippen LogP contribution >= 0.6 is 0 Å². The maximum atomic E-state index is 9.06. The average Bonchev–Trinajstić information content (AvgIpc) is 1.97. The Morgan fingerprint density at radius 1 is 1.55 bits per heavy atom. The molecule has 0 saturated heterocycles. The highest BCUT2D eigenvalue weighted by Crippen LogP contribution is 2.11. The van der Waals surface area contributed by atoms with Gasteiger partial charge in [0.25, 0.3) is 5.97 Å². The van der Waals surface area contributed by atoms with E-state index in [1.807, 2.05) is 6.92 Å². The lowest BCUT2D eigenvalue weighted by molar-refractivity contribution is -0.336. The van der Waals surface area contributed by atoms with Crippen LogP contribution in [0.1, 0.15) is 26.2 Å². The first-order chi connectivity index (χ1) is 5.12. The first kappa shape index (κ1) is 10.6. The second-order valence-electron chi connectivity index (χ2n) is 2.45. The number of unbranched alkanes of at least 4 members (excludes halogenated alkanes) is 1. The van der Waals surface area contributed by atoms with Gasteiger partial charge in [0.15, 0.2) is 0 Å². The van der Waals surface area contributed by atoms with E-state index in [9.17, 15) is 0 Å². The van der Waals surface area contributed by atoms with E-state index in [0.29, 0.717) is 0 Å². The molecule has 0 aromatic rings. The highest BCUT2D eigenvalue weighted by atomic mass is 16.8. The summed E-state index contributed by atoms with van der Waals surface area (Å²) >= 11 is 0. The summed E-state index contributed by atoms with van der Waals surface area (Å²) in [5.74, 6) is -1.97. The summed E-state index contributed by atoms with van der Waals surface area (Å²) in [6.07, 6.45) is 3.38. The fourth-order valence-corrected chi connectivity index (χ4v) is 0.672. The second kappa shape index (κ2) is 5.29. The first-order valence-corrected chi connectivity index (χ1v) is 3.82. The smallest absolute Gasteiger partial charge is 0.278 e. The molecule has 0 saturated carbocycles. The summed E-state index contributed by atoms with van der Waals surface area (Å²) in [7, 11) is 0. The van der Waals surface area contributed by atoms with Crippen molar-refractivity contribution in [1.82, 2.24) is 0 Å². The lowest BCUT2D eigenvalue weighted by Crippen LogP contribution is -2.31. The lowest BCUT2D eigenvalue weighted by Gasteiger charge is -2.20. The van der Waals surface area contributed by atoms with E-state index in [4.69, 9.17) is 10.2 Å². The molecular formula is C8H16O3. The van der Waals surface area contributed by atoms with Gasteiger partial charge in [0, 0.05) is 6.42 Å². The van der Waals surface area contributed by atoms with E-state index in [1.165, 1.54) is 6.08 Å². The van der Waals surface area contributed by atoms with Crippen LogP contribution in [0, 0.1) is 0 Å². The third-order valence-electron chi connectivity index (χ3n) is 1.29. The molecule has 11 heavy (non-hydrogen) atoms. The summed E-state index contributed by atoms with van der Waals surface area (Å²) in [4.78, 5) is 0. The van der Waals surface area contributed by atoms with Crippen LogP contribution in [0.2, 0.25) is 0 Å². The van der Waals surface area contributed by atoms with E-state index < -0.39 is 5.97 Å². The number of aliphatic hydroxyl groups is 2. The molecule has 0 rings (SSSR count). The van der Waals surface area contributed by atoms with Gasteiger partial charge in [0.05, 0.1) is 6.61 Å². The first-order valence-electron chi connectivity index (χ1n) is 3.82. The molecule has 0 radical (unpaired) electrons.